The Kier molecular flexibility index (Phi) is 11.0. The molecule has 1 aromatic rings. The quantitative estimate of drug-likeness (QED) is 0.406. The fourth-order valence-corrected chi connectivity index (χ4v) is 2.78. The van der Waals surface area contributed by atoms with Crippen LogP contribution in [0.3, 0.4) is 0 Å². The van der Waals surface area contributed by atoms with Gasteiger partial charge in [0, 0.05) is 26.1 Å². The molecular weight excluding hydrogens is 372 g/mol. The zero-order valence-corrected chi connectivity index (χ0v) is 18.0. The average molecular weight is 407 g/mol. The molecular formula is C22H34N2O5. The molecule has 29 heavy (non-hydrogen) atoms. The van der Waals surface area contributed by atoms with Gasteiger partial charge in [0.25, 0.3) is 6.47 Å². The van der Waals surface area contributed by atoms with E-state index in [2.05, 4.69) is 10.1 Å². The zero-order chi connectivity index (χ0) is 21.7. The van der Waals surface area contributed by atoms with Crippen LogP contribution >= 0.6 is 0 Å². The molecule has 1 atom stereocenters. The minimum Gasteiger partial charge on any atom is -0.463 e. The number of carbonyl (C=O) groups excluding carboxylic acids is 3. The minimum atomic E-state index is -0.416. The van der Waals surface area contributed by atoms with E-state index >= 15 is 0 Å². The van der Waals surface area contributed by atoms with Crippen LogP contribution in [0.25, 0.3) is 0 Å². The van der Waals surface area contributed by atoms with Gasteiger partial charge in [-0.3, -0.25) is 14.4 Å². The van der Waals surface area contributed by atoms with Crippen LogP contribution in [0.15, 0.2) is 30.3 Å². The van der Waals surface area contributed by atoms with Crippen molar-refractivity contribution in [2.24, 2.45) is 0 Å². The number of hydrogen-bond acceptors (Lipinski definition) is 6. The van der Waals surface area contributed by atoms with Crippen molar-refractivity contribution >= 4 is 18.3 Å². The van der Waals surface area contributed by atoms with E-state index in [0.717, 1.165) is 38.0 Å². The molecule has 0 unspecified atom stereocenters. The zero-order valence-electron chi connectivity index (χ0n) is 18.0. The lowest BCUT2D eigenvalue weighted by molar-refractivity contribution is -0.154. The van der Waals surface area contributed by atoms with Gasteiger partial charge in [-0.2, -0.15) is 0 Å². The Morgan fingerprint density at radius 3 is 2.55 bits per heavy atom. The highest BCUT2D eigenvalue weighted by molar-refractivity contribution is 5.82. The predicted molar refractivity (Wildman–Crippen MR) is 111 cm³/mol. The first kappa shape index (κ1) is 24.6. The molecule has 2 rings (SSSR count). The maximum Gasteiger partial charge on any atom is 0.306 e. The maximum atomic E-state index is 11.8. The number of nitrogens with zero attached hydrogens (tertiary/aromatic N) is 1. The second-order valence-corrected chi connectivity index (χ2v) is 7.94. The fraction of sp³-hybridized carbons (Fsp3) is 0.591. The first-order chi connectivity index (χ1) is 13.7. The van der Waals surface area contributed by atoms with Crippen molar-refractivity contribution in [1.29, 1.82) is 0 Å². The molecule has 0 bridgehead atoms. The number of piperazine rings is 1. The van der Waals surface area contributed by atoms with Crippen LogP contribution < -0.4 is 5.32 Å². The standard InChI is InChI=1S/C14H26N2O3.C8H8O2/c1-11-13(18)16(10-8-15-11)9-6-5-7-12(17)19-14(2,3)4;9-7-10-6-8-4-2-1-3-5-8/h11,15H,5-10H2,1-4H3;1-5,7H,6H2/t11-;/m0./s1. The SMILES string of the molecule is C[C@@H]1NCCN(CCCCC(=O)OC(C)(C)C)C1=O.O=COCc1ccccc1. The topological polar surface area (TPSA) is 84.9 Å². The number of benzene rings is 1. The predicted octanol–water partition coefficient (Wildman–Crippen LogP) is 2.68. The largest absolute Gasteiger partial charge is 0.463 e. The number of hydrogen-bond donors (Lipinski definition) is 1. The number of ether oxygens (including phenoxy) is 2. The molecule has 7 heteroatoms. The van der Waals surface area contributed by atoms with Crippen molar-refractivity contribution in [2.75, 3.05) is 19.6 Å². The molecule has 0 aliphatic carbocycles. The maximum absolute atomic E-state index is 11.8. The molecule has 1 aromatic carbocycles. The van der Waals surface area contributed by atoms with Gasteiger partial charge in [0.2, 0.25) is 5.91 Å². The number of esters is 1. The highest BCUT2D eigenvalue weighted by Crippen LogP contribution is 2.10. The molecule has 1 aliphatic rings. The summed E-state index contributed by atoms with van der Waals surface area (Å²) in [4.78, 5) is 35.0. The molecule has 0 saturated carbocycles. The molecule has 1 N–H and O–H groups in total. The van der Waals surface area contributed by atoms with E-state index in [4.69, 9.17) is 4.74 Å². The van der Waals surface area contributed by atoms with Crippen molar-refractivity contribution in [2.45, 2.75) is 65.2 Å². The van der Waals surface area contributed by atoms with Crippen molar-refractivity contribution in [3.05, 3.63) is 35.9 Å². The van der Waals surface area contributed by atoms with Gasteiger partial charge in [0.05, 0.1) is 6.04 Å². The molecule has 1 heterocycles. The van der Waals surface area contributed by atoms with E-state index in [1.807, 2.05) is 62.9 Å². The number of rotatable bonds is 8. The van der Waals surface area contributed by atoms with Gasteiger partial charge in [0.15, 0.2) is 0 Å². The lowest BCUT2D eigenvalue weighted by Gasteiger charge is -2.31. The van der Waals surface area contributed by atoms with Gasteiger partial charge in [0.1, 0.15) is 12.2 Å². The van der Waals surface area contributed by atoms with Crippen molar-refractivity contribution in [1.82, 2.24) is 10.2 Å². The molecule has 162 valence electrons. The Bertz CT molecular complexity index is 628. The van der Waals surface area contributed by atoms with Crippen LogP contribution in [0.4, 0.5) is 0 Å². The third kappa shape index (κ3) is 11.2. The van der Waals surface area contributed by atoms with Crippen LogP contribution in [0.1, 0.15) is 52.5 Å². The van der Waals surface area contributed by atoms with E-state index in [1.54, 1.807) is 0 Å². The first-order valence-electron chi connectivity index (χ1n) is 10.1. The van der Waals surface area contributed by atoms with Crippen molar-refractivity contribution < 1.29 is 23.9 Å². The molecule has 0 aromatic heterocycles. The summed E-state index contributed by atoms with van der Waals surface area (Å²) in [7, 11) is 0. The first-order valence-corrected chi connectivity index (χ1v) is 10.1. The monoisotopic (exact) mass is 406 g/mol. The highest BCUT2D eigenvalue weighted by atomic mass is 16.6. The minimum absolute atomic E-state index is 0.0837. The van der Waals surface area contributed by atoms with Crippen LogP contribution in [0.5, 0.6) is 0 Å². The summed E-state index contributed by atoms with van der Waals surface area (Å²) in [5.74, 6) is -0.00368. The van der Waals surface area contributed by atoms with Gasteiger partial charge in [-0.05, 0) is 46.1 Å². The molecule has 1 saturated heterocycles. The lowest BCUT2D eigenvalue weighted by atomic mass is 10.1. The second kappa shape index (κ2) is 12.9. The normalized spacial score (nSPS) is 16.5. The Balaban J connectivity index is 0.000000352. The van der Waals surface area contributed by atoms with Crippen LogP contribution in [0, 0.1) is 0 Å². The number of amides is 1. The molecule has 0 radical (unpaired) electrons. The van der Waals surface area contributed by atoms with Crippen LogP contribution in [0.2, 0.25) is 0 Å². The third-order valence-electron chi connectivity index (χ3n) is 4.15. The van der Waals surface area contributed by atoms with Crippen molar-refractivity contribution in [3.8, 4) is 0 Å². The summed E-state index contributed by atoms with van der Waals surface area (Å²) < 4.78 is 9.78. The molecule has 1 aliphatic heterocycles. The number of nitrogens with one attached hydrogen (secondary N) is 1. The molecule has 1 amide bonds. The van der Waals surface area contributed by atoms with Crippen LogP contribution in [-0.4, -0.2) is 54.5 Å². The Hall–Kier alpha value is -2.41. The summed E-state index contributed by atoms with van der Waals surface area (Å²) in [5, 5.41) is 3.13. The van der Waals surface area contributed by atoms with E-state index in [1.165, 1.54) is 0 Å². The molecule has 1 fully saturated rings. The van der Waals surface area contributed by atoms with Crippen molar-refractivity contribution in [3.63, 3.8) is 0 Å². The van der Waals surface area contributed by atoms with Gasteiger partial charge < -0.3 is 19.7 Å². The lowest BCUT2D eigenvalue weighted by Crippen LogP contribution is -2.53. The summed E-state index contributed by atoms with van der Waals surface area (Å²) in [6.45, 7) is 10.6. The van der Waals surface area contributed by atoms with Crippen LogP contribution in [-0.2, 0) is 30.5 Å². The summed E-state index contributed by atoms with van der Waals surface area (Å²) >= 11 is 0. The Morgan fingerprint density at radius 1 is 1.24 bits per heavy atom. The highest BCUT2D eigenvalue weighted by Gasteiger charge is 2.24. The summed E-state index contributed by atoms with van der Waals surface area (Å²) in [5.41, 5.74) is 0.593. The summed E-state index contributed by atoms with van der Waals surface area (Å²) in [6, 6.07) is 9.46. The molecule has 7 nitrogen and oxygen atoms in total. The summed E-state index contributed by atoms with van der Waals surface area (Å²) in [6.07, 6.45) is 2.03. The second-order valence-electron chi connectivity index (χ2n) is 7.94. The van der Waals surface area contributed by atoms with E-state index in [9.17, 15) is 14.4 Å². The van der Waals surface area contributed by atoms with E-state index in [-0.39, 0.29) is 17.9 Å². The Labute approximate surface area is 173 Å². The average Bonchev–Trinajstić information content (AvgIpc) is 2.66. The fourth-order valence-electron chi connectivity index (χ4n) is 2.78. The molecule has 0 spiro atoms. The van der Waals surface area contributed by atoms with Gasteiger partial charge in [-0.1, -0.05) is 30.3 Å². The van der Waals surface area contributed by atoms with E-state index < -0.39 is 5.60 Å². The van der Waals surface area contributed by atoms with E-state index in [0.29, 0.717) is 19.5 Å². The number of unbranched alkanes of at least 4 members (excludes halogenated alkanes) is 1. The van der Waals surface area contributed by atoms with Gasteiger partial charge in [-0.15, -0.1) is 0 Å². The third-order valence-corrected chi connectivity index (χ3v) is 4.15. The number of carbonyl (C=O) groups is 3. The van der Waals surface area contributed by atoms with Gasteiger partial charge >= 0.3 is 5.97 Å². The smallest absolute Gasteiger partial charge is 0.306 e. The Morgan fingerprint density at radius 2 is 1.93 bits per heavy atom. The van der Waals surface area contributed by atoms with Gasteiger partial charge in [-0.25, -0.2) is 0 Å².